The molecule has 110 valence electrons. The fourth-order valence-electron chi connectivity index (χ4n) is 2.86. The fraction of sp³-hybridized carbons (Fsp3) is 0.588. The van der Waals surface area contributed by atoms with E-state index in [0.29, 0.717) is 5.92 Å². The second-order valence-corrected chi connectivity index (χ2v) is 6.04. The number of hydrogen-bond acceptors (Lipinski definition) is 2. The Morgan fingerprint density at radius 3 is 2.75 bits per heavy atom. The summed E-state index contributed by atoms with van der Waals surface area (Å²) in [5, 5.41) is 0. The average molecular weight is 274 g/mol. The van der Waals surface area contributed by atoms with Gasteiger partial charge in [-0.2, -0.15) is 0 Å². The largest absolute Gasteiger partial charge is 0.341 e. The molecule has 20 heavy (non-hydrogen) atoms. The molecule has 0 radical (unpaired) electrons. The topological polar surface area (TPSA) is 46.3 Å². The van der Waals surface area contributed by atoms with Crippen LogP contribution in [0.1, 0.15) is 32.3 Å². The van der Waals surface area contributed by atoms with Crippen molar-refractivity contribution in [3.8, 4) is 0 Å². The summed E-state index contributed by atoms with van der Waals surface area (Å²) in [5.41, 5.74) is 7.42. The van der Waals surface area contributed by atoms with E-state index in [1.807, 2.05) is 11.0 Å². The van der Waals surface area contributed by atoms with Crippen molar-refractivity contribution in [3.63, 3.8) is 0 Å². The van der Waals surface area contributed by atoms with Crippen LogP contribution in [0.5, 0.6) is 0 Å². The molecule has 0 aromatic heterocycles. The van der Waals surface area contributed by atoms with Gasteiger partial charge in [0.1, 0.15) is 0 Å². The van der Waals surface area contributed by atoms with Gasteiger partial charge in [0.2, 0.25) is 5.91 Å². The quantitative estimate of drug-likeness (QED) is 0.896. The molecular formula is C17H26N2O. The van der Waals surface area contributed by atoms with Gasteiger partial charge in [0.25, 0.3) is 0 Å². The van der Waals surface area contributed by atoms with Crippen molar-refractivity contribution in [2.24, 2.45) is 17.6 Å². The summed E-state index contributed by atoms with van der Waals surface area (Å²) in [6.07, 6.45) is 3.10. The van der Waals surface area contributed by atoms with E-state index in [2.05, 4.69) is 38.1 Å². The summed E-state index contributed by atoms with van der Waals surface area (Å²) in [6.45, 7) is 5.86. The Labute approximate surface area is 122 Å². The molecule has 3 heteroatoms. The molecule has 0 aliphatic carbocycles. The van der Waals surface area contributed by atoms with Crippen LogP contribution >= 0.6 is 0 Å². The van der Waals surface area contributed by atoms with Crippen LogP contribution in [-0.2, 0) is 11.2 Å². The molecular weight excluding hydrogens is 248 g/mol. The van der Waals surface area contributed by atoms with E-state index in [1.165, 1.54) is 5.56 Å². The van der Waals surface area contributed by atoms with Crippen molar-refractivity contribution in [3.05, 3.63) is 35.9 Å². The number of rotatable bonds is 5. The minimum absolute atomic E-state index is 0.134. The maximum Gasteiger partial charge on any atom is 0.239 e. The molecule has 1 aliphatic rings. The summed E-state index contributed by atoms with van der Waals surface area (Å²) < 4.78 is 0. The first kappa shape index (κ1) is 15.0. The zero-order valence-corrected chi connectivity index (χ0v) is 12.6. The first-order chi connectivity index (χ1) is 9.61. The molecule has 1 aromatic rings. The van der Waals surface area contributed by atoms with Crippen LogP contribution in [0.15, 0.2) is 30.3 Å². The average Bonchev–Trinajstić information content (AvgIpc) is 2.94. The van der Waals surface area contributed by atoms with Crippen molar-refractivity contribution in [2.45, 2.75) is 39.2 Å². The SMILES string of the molecule is CCC(C)C(N)C(=O)N1CCC(Cc2ccccc2)C1. The first-order valence-electron chi connectivity index (χ1n) is 7.70. The van der Waals surface area contributed by atoms with Gasteiger partial charge in [-0.1, -0.05) is 50.6 Å². The van der Waals surface area contributed by atoms with Crippen LogP contribution in [0, 0.1) is 11.8 Å². The van der Waals surface area contributed by atoms with Gasteiger partial charge in [-0.25, -0.2) is 0 Å². The highest BCUT2D eigenvalue weighted by Gasteiger charge is 2.30. The lowest BCUT2D eigenvalue weighted by molar-refractivity contribution is -0.132. The van der Waals surface area contributed by atoms with Crippen molar-refractivity contribution >= 4 is 5.91 Å². The maximum absolute atomic E-state index is 12.3. The molecule has 3 atom stereocenters. The van der Waals surface area contributed by atoms with Gasteiger partial charge in [0.15, 0.2) is 0 Å². The van der Waals surface area contributed by atoms with Gasteiger partial charge >= 0.3 is 0 Å². The number of nitrogens with two attached hydrogens (primary N) is 1. The Hall–Kier alpha value is -1.35. The molecule has 0 spiro atoms. The van der Waals surface area contributed by atoms with E-state index in [9.17, 15) is 4.79 Å². The zero-order chi connectivity index (χ0) is 14.5. The van der Waals surface area contributed by atoms with E-state index in [1.54, 1.807) is 0 Å². The molecule has 1 saturated heterocycles. The van der Waals surface area contributed by atoms with Gasteiger partial charge in [-0.3, -0.25) is 4.79 Å². The van der Waals surface area contributed by atoms with Crippen LogP contribution in [0.25, 0.3) is 0 Å². The van der Waals surface area contributed by atoms with Gasteiger partial charge in [0.05, 0.1) is 6.04 Å². The van der Waals surface area contributed by atoms with Gasteiger partial charge in [0, 0.05) is 13.1 Å². The Kier molecular flexibility index (Phi) is 5.18. The number of carbonyl (C=O) groups is 1. The monoisotopic (exact) mass is 274 g/mol. The lowest BCUT2D eigenvalue weighted by Crippen LogP contribution is -2.46. The van der Waals surface area contributed by atoms with Crippen molar-refractivity contribution < 1.29 is 4.79 Å². The van der Waals surface area contributed by atoms with E-state index < -0.39 is 0 Å². The van der Waals surface area contributed by atoms with Crippen LogP contribution < -0.4 is 5.73 Å². The molecule has 1 amide bonds. The summed E-state index contributed by atoms with van der Waals surface area (Å²) in [6, 6.07) is 10.2. The normalized spacial score (nSPS) is 21.8. The van der Waals surface area contributed by atoms with E-state index in [0.717, 1.165) is 32.4 Å². The molecule has 3 unspecified atom stereocenters. The molecule has 0 bridgehead atoms. The Bertz CT molecular complexity index is 432. The molecule has 0 saturated carbocycles. The Balaban J connectivity index is 1.87. The smallest absolute Gasteiger partial charge is 0.239 e. The number of benzene rings is 1. The van der Waals surface area contributed by atoms with Crippen LogP contribution in [-0.4, -0.2) is 29.9 Å². The van der Waals surface area contributed by atoms with Gasteiger partial charge in [-0.15, -0.1) is 0 Å². The third-order valence-electron chi connectivity index (χ3n) is 4.51. The van der Waals surface area contributed by atoms with E-state index in [4.69, 9.17) is 5.73 Å². The van der Waals surface area contributed by atoms with Gasteiger partial charge in [-0.05, 0) is 30.2 Å². The molecule has 3 nitrogen and oxygen atoms in total. The number of nitrogens with zero attached hydrogens (tertiary/aromatic N) is 1. The molecule has 1 fully saturated rings. The number of likely N-dealkylation sites (tertiary alicyclic amines) is 1. The second kappa shape index (κ2) is 6.89. The third kappa shape index (κ3) is 3.60. The van der Waals surface area contributed by atoms with E-state index in [-0.39, 0.29) is 17.9 Å². The fourth-order valence-corrected chi connectivity index (χ4v) is 2.86. The van der Waals surface area contributed by atoms with E-state index >= 15 is 0 Å². The zero-order valence-electron chi connectivity index (χ0n) is 12.6. The lowest BCUT2D eigenvalue weighted by atomic mass is 9.98. The van der Waals surface area contributed by atoms with Crippen molar-refractivity contribution in [1.82, 2.24) is 4.90 Å². The Morgan fingerprint density at radius 1 is 1.40 bits per heavy atom. The molecule has 1 heterocycles. The van der Waals surface area contributed by atoms with Crippen molar-refractivity contribution in [1.29, 1.82) is 0 Å². The first-order valence-corrected chi connectivity index (χ1v) is 7.70. The molecule has 2 N–H and O–H groups in total. The summed E-state index contributed by atoms with van der Waals surface area (Å²) in [7, 11) is 0. The van der Waals surface area contributed by atoms with Crippen molar-refractivity contribution in [2.75, 3.05) is 13.1 Å². The second-order valence-electron chi connectivity index (χ2n) is 6.04. The van der Waals surface area contributed by atoms with Gasteiger partial charge < -0.3 is 10.6 Å². The highest BCUT2D eigenvalue weighted by atomic mass is 16.2. The van der Waals surface area contributed by atoms with Crippen LogP contribution in [0.2, 0.25) is 0 Å². The lowest BCUT2D eigenvalue weighted by Gasteiger charge is -2.24. The predicted octanol–water partition coefficient (Wildman–Crippen LogP) is 2.45. The standard InChI is InChI=1S/C17H26N2O/c1-3-13(2)16(18)17(20)19-10-9-15(12-19)11-14-7-5-4-6-8-14/h4-8,13,15-16H,3,9-12,18H2,1-2H3. The molecule has 1 aromatic carbocycles. The third-order valence-corrected chi connectivity index (χ3v) is 4.51. The minimum atomic E-state index is -0.338. The minimum Gasteiger partial charge on any atom is -0.341 e. The van der Waals surface area contributed by atoms with Crippen LogP contribution in [0.4, 0.5) is 0 Å². The summed E-state index contributed by atoms with van der Waals surface area (Å²) >= 11 is 0. The molecule has 2 rings (SSSR count). The number of carbonyl (C=O) groups excluding carboxylic acids is 1. The highest BCUT2D eigenvalue weighted by Crippen LogP contribution is 2.22. The number of hydrogen-bond donors (Lipinski definition) is 1. The summed E-state index contributed by atoms with van der Waals surface area (Å²) in [5.74, 6) is 0.969. The maximum atomic E-state index is 12.3. The van der Waals surface area contributed by atoms with Crippen LogP contribution in [0.3, 0.4) is 0 Å². The predicted molar refractivity (Wildman–Crippen MR) is 82.3 cm³/mol. The molecule has 1 aliphatic heterocycles. The number of amides is 1. The Morgan fingerprint density at radius 2 is 2.10 bits per heavy atom. The highest BCUT2D eigenvalue weighted by molar-refractivity contribution is 5.82. The summed E-state index contributed by atoms with van der Waals surface area (Å²) in [4.78, 5) is 14.3.